The van der Waals surface area contributed by atoms with Crippen molar-refractivity contribution in [2.45, 2.75) is 25.9 Å². The van der Waals surface area contributed by atoms with E-state index in [4.69, 9.17) is 0 Å². The van der Waals surface area contributed by atoms with Crippen LogP contribution in [0.4, 0.5) is 5.69 Å². The van der Waals surface area contributed by atoms with Crippen LogP contribution in [0.5, 0.6) is 0 Å². The highest BCUT2D eigenvalue weighted by Crippen LogP contribution is 2.26. The molecule has 0 unspecified atom stereocenters. The summed E-state index contributed by atoms with van der Waals surface area (Å²) >= 11 is 0. The van der Waals surface area contributed by atoms with Crippen LogP contribution in [0.25, 0.3) is 0 Å². The van der Waals surface area contributed by atoms with Crippen molar-refractivity contribution in [2.75, 3.05) is 11.9 Å². The number of amides is 2. The van der Waals surface area contributed by atoms with Gasteiger partial charge in [0.05, 0.1) is 18.2 Å². The molecule has 5 nitrogen and oxygen atoms in total. The molecule has 0 N–H and O–H groups in total. The summed E-state index contributed by atoms with van der Waals surface area (Å²) in [6.07, 6.45) is 0.163. The number of ketones is 1. The van der Waals surface area contributed by atoms with Crippen molar-refractivity contribution in [3.63, 3.8) is 0 Å². The number of hydrogen-bond acceptors (Lipinski definition) is 4. The lowest BCUT2D eigenvalue weighted by atomic mass is 10.1. The highest BCUT2D eigenvalue weighted by atomic mass is 16.2. The monoisotopic (exact) mass is 336 g/mol. The van der Waals surface area contributed by atoms with Crippen molar-refractivity contribution >= 4 is 23.3 Å². The molecule has 0 spiro atoms. The topological polar surface area (TPSA) is 57.7 Å². The molecule has 0 radical (unpaired) electrons. The van der Waals surface area contributed by atoms with Crippen LogP contribution in [-0.4, -0.2) is 35.6 Å². The predicted molar refractivity (Wildman–Crippen MR) is 95.3 cm³/mol. The van der Waals surface area contributed by atoms with Crippen LogP contribution in [0.2, 0.25) is 0 Å². The number of rotatable bonds is 5. The van der Waals surface area contributed by atoms with Crippen molar-refractivity contribution in [1.29, 1.82) is 0 Å². The van der Waals surface area contributed by atoms with E-state index in [1.807, 2.05) is 42.3 Å². The second-order valence-electron chi connectivity index (χ2n) is 6.29. The third kappa shape index (κ3) is 3.51. The third-order valence-electron chi connectivity index (χ3n) is 4.46. The van der Waals surface area contributed by atoms with Gasteiger partial charge in [-0.3, -0.25) is 19.3 Å². The molecule has 25 heavy (non-hydrogen) atoms. The summed E-state index contributed by atoms with van der Waals surface area (Å²) in [5.74, 6) is -0.490. The molecular formula is C20H20N2O3. The average Bonchev–Trinajstić information content (AvgIpc) is 2.90. The van der Waals surface area contributed by atoms with Gasteiger partial charge in [-0.25, -0.2) is 4.90 Å². The predicted octanol–water partition coefficient (Wildman–Crippen LogP) is 2.65. The Morgan fingerprint density at radius 2 is 1.72 bits per heavy atom. The van der Waals surface area contributed by atoms with Gasteiger partial charge in [0.1, 0.15) is 0 Å². The minimum Gasteiger partial charge on any atom is -0.295 e. The third-order valence-corrected chi connectivity index (χ3v) is 4.46. The smallest absolute Gasteiger partial charge is 0.251 e. The van der Waals surface area contributed by atoms with Crippen LogP contribution in [-0.2, 0) is 16.1 Å². The highest BCUT2D eigenvalue weighted by molar-refractivity contribution is 6.22. The lowest BCUT2D eigenvalue weighted by Gasteiger charge is -2.23. The summed E-state index contributed by atoms with van der Waals surface area (Å²) in [4.78, 5) is 39.6. The first-order chi connectivity index (χ1) is 12.0. The number of carbonyl (C=O) groups excluding carboxylic acids is 3. The maximum absolute atomic E-state index is 12.8. The summed E-state index contributed by atoms with van der Waals surface area (Å²) in [5, 5.41) is 0. The minimum absolute atomic E-state index is 0.0499. The Bertz CT molecular complexity index is 799. The number of anilines is 1. The molecule has 1 saturated heterocycles. The van der Waals surface area contributed by atoms with Crippen LogP contribution < -0.4 is 4.90 Å². The molecule has 1 aliphatic heterocycles. The lowest BCUT2D eigenvalue weighted by Crippen LogP contribution is -2.39. The van der Waals surface area contributed by atoms with Gasteiger partial charge >= 0.3 is 0 Å². The van der Waals surface area contributed by atoms with Gasteiger partial charge in [-0.05, 0) is 43.8 Å². The molecule has 1 aliphatic rings. The molecule has 128 valence electrons. The Morgan fingerprint density at radius 1 is 1.08 bits per heavy atom. The van der Waals surface area contributed by atoms with Gasteiger partial charge in [0.25, 0.3) is 5.91 Å². The van der Waals surface area contributed by atoms with Crippen LogP contribution in [0.15, 0.2) is 54.6 Å². The maximum atomic E-state index is 12.8. The Morgan fingerprint density at radius 3 is 2.32 bits per heavy atom. The number of benzene rings is 2. The standard InChI is InChI=1S/C20H20N2O3/c1-14(23)16-8-10-17(11-9-16)22-19(24)12-18(20(22)25)21(2)13-15-6-4-3-5-7-15/h3-11,18H,12-13H2,1-2H3/t18-/m1/s1. The van der Waals surface area contributed by atoms with Crippen LogP contribution >= 0.6 is 0 Å². The number of imide groups is 1. The molecule has 0 aliphatic carbocycles. The first-order valence-electron chi connectivity index (χ1n) is 8.19. The van der Waals surface area contributed by atoms with E-state index < -0.39 is 6.04 Å². The van der Waals surface area contributed by atoms with Gasteiger partial charge in [0, 0.05) is 12.1 Å². The van der Waals surface area contributed by atoms with Gasteiger partial charge in [-0.1, -0.05) is 30.3 Å². The van der Waals surface area contributed by atoms with E-state index in [1.54, 1.807) is 24.3 Å². The first kappa shape index (κ1) is 17.0. The molecule has 3 rings (SSSR count). The Labute approximate surface area is 146 Å². The molecule has 1 atom stereocenters. The van der Waals surface area contributed by atoms with Crippen molar-refractivity contribution in [2.24, 2.45) is 0 Å². The average molecular weight is 336 g/mol. The van der Waals surface area contributed by atoms with Gasteiger partial charge < -0.3 is 0 Å². The van der Waals surface area contributed by atoms with Crippen LogP contribution in [0.3, 0.4) is 0 Å². The summed E-state index contributed by atoms with van der Waals surface area (Å²) in [6, 6.07) is 15.9. The normalized spacial score (nSPS) is 17.4. The van der Waals surface area contributed by atoms with Crippen LogP contribution in [0, 0.1) is 0 Å². The van der Waals surface area contributed by atoms with Crippen molar-refractivity contribution in [3.8, 4) is 0 Å². The Balaban J connectivity index is 1.76. The fraction of sp³-hybridized carbons (Fsp3) is 0.250. The quantitative estimate of drug-likeness (QED) is 0.622. The van der Waals surface area contributed by atoms with E-state index in [-0.39, 0.29) is 24.0 Å². The zero-order valence-electron chi connectivity index (χ0n) is 14.3. The van der Waals surface area contributed by atoms with Crippen molar-refractivity contribution < 1.29 is 14.4 Å². The summed E-state index contributed by atoms with van der Waals surface area (Å²) in [5.41, 5.74) is 2.16. The van der Waals surface area contributed by atoms with E-state index >= 15 is 0 Å². The van der Waals surface area contributed by atoms with E-state index in [2.05, 4.69) is 0 Å². The second-order valence-corrected chi connectivity index (χ2v) is 6.29. The molecule has 0 bridgehead atoms. The summed E-state index contributed by atoms with van der Waals surface area (Å²) < 4.78 is 0. The number of nitrogens with zero attached hydrogens (tertiary/aromatic N) is 2. The first-order valence-corrected chi connectivity index (χ1v) is 8.19. The van der Waals surface area contributed by atoms with E-state index in [0.29, 0.717) is 17.8 Å². The van der Waals surface area contributed by atoms with E-state index in [9.17, 15) is 14.4 Å². The largest absolute Gasteiger partial charge is 0.295 e. The number of carbonyl (C=O) groups is 3. The fourth-order valence-corrected chi connectivity index (χ4v) is 3.06. The van der Waals surface area contributed by atoms with Gasteiger partial charge in [0.2, 0.25) is 5.91 Å². The number of Topliss-reactive ketones (excluding diaryl/α,β-unsaturated/α-hetero) is 1. The zero-order chi connectivity index (χ0) is 18.0. The Hall–Kier alpha value is -2.79. The highest BCUT2D eigenvalue weighted by Gasteiger charge is 2.41. The maximum Gasteiger partial charge on any atom is 0.251 e. The van der Waals surface area contributed by atoms with Gasteiger partial charge in [0.15, 0.2) is 5.78 Å². The van der Waals surface area contributed by atoms with Gasteiger partial charge in [-0.15, -0.1) is 0 Å². The minimum atomic E-state index is -0.472. The SMILES string of the molecule is CC(=O)c1ccc(N2C(=O)C[C@@H](N(C)Cc3ccccc3)C2=O)cc1. The molecule has 2 aromatic rings. The van der Waals surface area contributed by atoms with E-state index in [0.717, 1.165) is 5.56 Å². The second kappa shape index (κ2) is 6.99. The van der Waals surface area contributed by atoms with Crippen molar-refractivity contribution in [3.05, 3.63) is 65.7 Å². The molecule has 0 saturated carbocycles. The molecule has 1 heterocycles. The number of hydrogen-bond donors (Lipinski definition) is 0. The Kier molecular flexibility index (Phi) is 4.76. The molecular weight excluding hydrogens is 316 g/mol. The summed E-state index contributed by atoms with van der Waals surface area (Å²) in [7, 11) is 1.85. The molecule has 2 aromatic carbocycles. The molecule has 1 fully saturated rings. The van der Waals surface area contributed by atoms with E-state index in [1.165, 1.54) is 11.8 Å². The molecule has 5 heteroatoms. The molecule has 0 aromatic heterocycles. The lowest BCUT2D eigenvalue weighted by molar-refractivity contribution is -0.122. The number of likely N-dealkylation sites (N-methyl/N-ethyl adjacent to an activating group) is 1. The summed E-state index contributed by atoms with van der Waals surface area (Å²) in [6.45, 7) is 2.08. The zero-order valence-corrected chi connectivity index (χ0v) is 14.3. The van der Waals surface area contributed by atoms with Gasteiger partial charge in [-0.2, -0.15) is 0 Å². The van der Waals surface area contributed by atoms with Crippen LogP contribution in [0.1, 0.15) is 29.3 Å². The fourth-order valence-electron chi connectivity index (χ4n) is 3.06. The molecule has 2 amide bonds. The van der Waals surface area contributed by atoms with Crippen molar-refractivity contribution in [1.82, 2.24) is 4.90 Å².